The molecule has 144 valence electrons. The van der Waals surface area contributed by atoms with Gasteiger partial charge in [-0.1, -0.05) is 30.3 Å². The molecule has 0 fully saturated rings. The summed E-state index contributed by atoms with van der Waals surface area (Å²) in [6.07, 6.45) is 1.47. The number of rotatable bonds is 7. The molecule has 2 rings (SSSR count). The number of nitriles is 1. The Balaban J connectivity index is 2.20. The molecule has 1 amide bonds. The number of carbonyl (C=O) groups excluding carboxylic acids is 1. The van der Waals surface area contributed by atoms with Gasteiger partial charge < -0.3 is 15.2 Å². The Morgan fingerprint density at radius 1 is 1.36 bits per heavy atom. The van der Waals surface area contributed by atoms with Gasteiger partial charge in [0.1, 0.15) is 17.4 Å². The number of nitrogens with zero attached hydrogens (tertiary/aromatic N) is 1. The number of benzene rings is 2. The van der Waals surface area contributed by atoms with Crippen molar-refractivity contribution in [2.75, 3.05) is 6.61 Å². The molecule has 0 aromatic heterocycles. The lowest BCUT2D eigenvalue weighted by Crippen LogP contribution is -2.27. The number of hydrogen-bond donors (Lipinski definition) is 2. The number of carbonyl (C=O) groups is 2. The summed E-state index contributed by atoms with van der Waals surface area (Å²) in [5.41, 5.74) is 1.51. The summed E-state index contributed by atoms with van der Waals surface area (Å²) in [6.45, 7) is 1.38. The second-order valence-electron chi connectivity index (χ2n) is 5.77. The fourth-order valence-corrected chi connectivity index (χ4v) is 4.12. The van der Waals surface area contributed by atoms with Gasteiger partial charge in [-0.25, -0.2) is 4.79 Å². The summed E-state index contributed by atoms with van der Waals surface area (Å²) >= 11 is 5.33. The van der Waals surface area contributed by atoms with Gasteiger partial charge in [0.2, 0.25) is 0 Å². The summed E-state index contributed by atoms with van der Waals surface area (Å²) in [5, 5.41) is 20.9. The number of carboxylic acids is 1. The van der Waals surface area contributed by atoms with Crippen LogP contribution in [0.3, 0.4) is 0 Å². The Labute approximate surface area is 184 Å². The van der Waals surface area contributed by atoms with E-state index < -0.39 is 18.5 Å². The van der Waals surface area contributed by atoms with Gasteiger partial charge >= 0.3 is 5.97 Å². The maximum absolute atomic E-state index is 12.5. The van der Waals surface area contributed by atoms with Gasteiger partial charge in [0.05, 0.1) is 14.1 Å². The third-order valence-corrected chi connectivity index (χ3v) is 5.07. The van der Waals surface area contributed by atoms with Crippen LogP contribution in [0, 0.1) is 14.9 Å². The van der Waals surface area contributed by atoms with Gasteiger partial charge in [-0.05, 0) is 74.8 Å². The van der Waals surface area contributed by atoms with E-state index in [1.165, 1.54) is 6.08 Å². The van der Waals surface area contributed by atoms with Crippen molar-refractivity contribution in [2.45, 2.75) is 13.0 Å². The van der Waals surface area contributed by atoms with E-state index in [-0.39, 0.29) is 11.6 Å². The fourth-order valence-electron chi connectivity index (χ4n) is 2.35. The first-order valence-corrected chi connectivity index (χ1v) is 10.00. The first-order valence-electron chi connectivity index (χ1n) is 8.13. The number of carboxylic acid groups (broad SMARTS) is 1. The van der Waals surface area contributed by atoms with Gasteiger partial charge in [-0.2, -0.15) is 5.26 Å². The zero-order valence-corrected chi connectivity index (χ0v) is 18.5. The molecule has 0 spiro atoms. The molecule has 2 aromatic rings. The second-order valence-corrected chi connectivity index (χ2v) is 7.79. The summed E-state index contributed by atoms with van der Waals surface area (Å²) in [7, 11) is 0. The van der Waals surface area contributed by atoms with Crippen LogP contribution in [-0.4, -0.2) is 23.6 Å². The maximum Gasteiger partial charge on any atom is 0.341 e. The Morgan fingerprint density at radius 3 is 2.61 bits per heavy atom. The van der Waals surface area contributed by atoms with Crippen molar-refractivity contribution in [3.8, 4) is 11.8 Å². The highest BCUT2D eigenvalue weighted by Gasteiger charge is 2.15. The minimum atomic E-state index is -1.08. The lowest BCUT2D eigenvalue weighted by atomic mass is 10.1. The molecule has 0 bridgehead atoms. The molecular formula is C20H16BrIN2O4. The number of amides is 1. The van der Waals surface area contributed by atoms with Gasteiger partial charge in [0, 0.05) is 0 Å². The van der Waals surface area contributed by atoms with E-state index in [9.17, 15) is 14.9 Å². The van der Waals surface area contributed by atoms with E-state index in [0.29, 0.717) is 19.4 Å². The number of nitrogens with one attached hydrogen (secondary N) is 1. The minimum Gasteiger partial charge on any atom is -0.480 e. The molecule has 0 saturated carbocycles. The quantitative estimate of drug-likeness (QED) is 0.302. The van der Waals surface area contributed by atoms with E-state index in [1.807, 2.05) is 65.9 Å². The smallest absolute Gasteiger partial charge is 0.341 e. The topological polar surface area (TPSA) is 99.4 Å². The van der Waals surface area contributed by atoms with Crippen LogP contribution >= 0.6 is 38.5 Å². The standard InChI is InChI=1S/C20H16BrIN2O4/c1-12(14-5-3-2-4-6-14)24-20(27)15(10-23)7-13-8-16(21)19(17(22)9-13)28-11-18(25)26/h2-9,12H,11H2,1H3,(H,24,27)(H,25,26)/b15-7-/t12-/m1/s1. The van der Waals surface area contributed by atoms with Crippen LogP contribution in [0.5, 0.6) is 5.75 Å². The van der Waals surface area contributed by atoms with Gasteiger partial charge in [0.25, 0.3) is 5.91 Å². The molecule has 0 saturated heterocycles. The Hall–Kier alpha value is -2.38. The van der Waals surface area contributed by atoms with Crippen LogP contribution < -0.4 is 10.1 Å². The molecule has 0 heterocycles. The van der Waals surface area contributed by atoms with Crippen LogP contribution in [0.25, 0.3) is 6.08 Å². The average Bonchev–Trinajstić information content (AvgIpc) is 2.65. The SMILES string of the molecule is C[C@@H](NC(=O)/C(C#N)=C\c1cc(Br)c(OCC(=O)O)c(I)c1)c1ccccc1. The summed E-state index contributed by atoms with van der Waals surface area (Å²) in [5.74, 6) is -1.17. The summed E-state index contributed by atoms with van der Waals surface area (Å²) in [6, 6.07) is 14.5. The number of aliphatic carboxylic acids is 1. The molecule has 2 aromatic carbocycles. The van der Waals surface area contributed by atoms with E-state index in [2.05, 4.69) is 21.2 Å². The van der Waals surface area contributed by atoms with Crippen molar-refractivity contribution < 1.29 is 19.4 Å². The molecule has 0 aliphatic heterocycles. The Kier molecular flexibility index (Phi) is 8.02. The van der Waals surface area contributed by atoms with Crippen molar-refractivity contribution in [2.24, 2.45) is 0 Å². The lowest BCUT2D eigenvalue weighted by Gasteiger charge is -2.14. The maximum atomic E-state index is 12.5. The largest absolute Gasteiger partial charge is 0.480 e. The normalized spacial score (nSPS) is 12.0. The predicted molar refractivity (Wildman–Crippen MR) is 117 cm³/mol. The highest BCUT2D eigenvalue weighted by atomic mass is 127. The Bertz CT molecular complexity index is 931. The fraction of sp³-hybridized carbons (Fsp3) is 0.150. The van der Waals surface area contributed by atoms with Crippen molar-refractivity contribution in [3.05, 3.63) is 67.2 Å². The van der Waals surface area contributed by atoms with Crippen LogP contribution in [0.1, 0.15) is 24.1 Å². The number of halogens is 2. The molecule has 0 aliphatic carbocycles. The third kappa shape index (κ3) is 6.07. The van der Waals surface area contributed by atoms with Crippen molar-refractivity contribution in [1.29, 1.82) is 5.26 Å². The van der Waals surface area contributed by atoms with Crippen molar-refractivity contribution >= 4 is 56.5 Å². The highest BCUT2D eigenvalue weighted by molar-refractivity contribution is 14.1. The van der Waals surface area contributed by atoms with Gasteiger partial charge in [-0.3, -0.25) is 4.79 Å². The van der Waals surface area contributed by atoms with Crippen LogP contribution in [0.15, 0.2) is 52.5 Å². The van der Waals surface area contributed by atoms with Crippen molar-refractivity contribution in [3.63, 3.8) is 0 Å². The lowest BCUT2D eigenvalue weighted by molar-refractivity contribution is -0.139. The van der Waals surface area contributed by atoms with E-state index >= 15 is 0 Å². The van der Waals surface area contributed by atoms with Gasteiger partial charge in [0.15, 0.2) is 6.61 Å². The van der Waals surface area contributed by atoms with Crippen LogP contribution in [-0.2, 0) is 9.59 Å². The number of ether oxygens (including phenoxy) is 1. The highest BCUT2D eigenvalue weighted by Crippen LogP contribution is 2.32. The van der Waals surface area contributed by atoms with E-state index in [1.54, 1.807) is 12.1 Å². The molecule has 8 heteroatoms. The summed E-state index contributed by atoms with van der Waals surface area (Å²) in [4.78, 5) is 23.2. The van der Waals surface area contributed by atoms with Crippen LogP contribution in [0.2, 0.25) is 0 Å². The molecule has 0 unspecified atom stereocenters. The van der Waals surface area contributed by atoms with Crippen LogP contribution in [0.4, 0.5) is 0 Å². The first-order chi connectivity index (χ1) is 13.3. The first kappa shape index (κ1) is 21.9. The van der Waals surface area contributed by atoms with E-state index in [0.717, 1.165) is 5.56 Å². The molecule has 28 heavy (non-hydrogen) atoms. The molecule has 1 atom stereocenters. The molecule has 0 radical (unpaired) electrons. The van der Waals surface area contributed by atoms with Crippen molar-refractivity contribution in [1.82, 2.24) is 5.32 Å². The predicted octanol–water partition coefficient (Wildman–Crippen LogP) is 4.30. The van der Waals surface area contributed by atoms with E-state index in [4.69, 9.17) is 9.84 Å². The zero-order chi connectivity index (χ0) is 20.7. The summed E-state index contributed by atoms with van der Waals surface area (Å²) < 4.78 is 6.42. The molecular weight excluding hydrogens is 539 g/mol. The molecule has 6 nitrogen and oxygen atoms in total. The monoisotopic (exact) mass is 554 g/mol. The molecule has 0 aliphatic rings. The van der Waals surface area contributed by atoms with Gasteiger partial charge in [-0.15, -0.1) is 0 Å². The Morgan fingerprint density at radius 2 is 2.04 bits per heavy atom. The minimum absolute atomic E-state index is 0.0373. The zero-order valence-electron chi connectivity index (χ0n) is 14.8. The average molecular weight is 555 g/mol. The molecule has 2 N–H and O–H groups in total. The number of hydrogen-bond acceptors (Lipinski definition) is 4. The third-order valence-electron chi connectivity index (χ3n) is 3.68. The second kappa shape index (κ2) is 10.2.